The molecule has 0 rings (SSSR count). The molecule has 0 saturated carbocycles. The summed E-state index contributed by atoms with van der Waals surface area (Å²) in [6, 6.07) is 0. The molecule has 0 N–H and O–H groups in total. The molecule has 0 amide bonds. The monoisotopic (exact) mass is 232 g/mol. The van der Waals surface area contributed by atoms with E-state index >= 15 is 0 Å². The van der Waals surface area contributed by atoms with Crippen LogP contribution >= 0.6 is 0 Å². The van der Waals surface area contributed by atoms with Crippen LogP contribution in [-0.2, 0) is 57.7 Å². The summed E-state index contributed by atoms with van der Waals surface area (Å²) in [5, 5.41) is 0. The van der Waals surface area contributed by atoms with Gasteiger partial charge in [-0.05, 0) is 0 Å². The Hall–Kier alpha value is 3.19. The Bertz CT molecular complexity index is 15.5. The molecule has 0 heterocycles. The number of hydrogen-bond donors (Lipinski definition) is 0. The summed E-state index contributed by atoms with van der Waals surface area (Å²) >= 11 is 0. The molecular weight excluding hydrogens is 234 g/mol. The van der Waals surface area contributed by atoms with Crippen LogP contribution in [0.25, 0.3) is 0 Å². The van der Waals surface area contributed by atoms with Crippen molar-refractivity contribution < 1.29 is 57.7 Å². The van der Waals surface area contributed by atoms with Crippen molar-refractivity contribution >= 4 is 48.8 Å². The van der Waals surface area contributed by atoms with E-state index in [-0.39, 0.29) is 107 Å². The van der Waals surface area contributed by atoms with Crippen LogP contribution in [0.2, 0.25) is 0 Å². The molecule has 6 heavy (non-hydrogen) atoms. The molecular formula is AlBMgNiTiZn. The second-order valence-corrected chi connectivity index (χ2v) is 0. The summed E-state index contributed by atoms with van der Waals surface area (Å²) in [5.41, 5.74) is 0. The zero-order valence-corrected chi connectivity index (χ0v) is 11.5. The quantitative estimate of drug-likeness (QED) is 0.464. The van der Waals surface area contributed by atoms with Gasteiger partial charge in [0.2, 0.25) is 0 Å². The molecule has 0 bridgehead atoms. The van der Waals surface area contributed by atoms with Gasteiger partial charge in [-0.1, -0.05) is 0 Å². The maximum Gasteiger partial charge on any atom is 0 e. The van der Waals surface area contributed by atoms with Gasteiger partial charge in [0.15, 0.2) is 0 Å². The Morgan fingerprint density at radius 2 is 1.00 bits per heavy atom. The van der Waals surface area contributed by atoms with Gasteiger partial charge < -0.3 is 0 Å². The Kier molecular flexibility index (Phi) is 419. The van der Waals surface area contributed by atoms with Crippen molar-refractivity contribution in [3.05, 3.63) is 0 Å². The van der Waals surface area contributed by atoms with Gasteiger partial charge in [-0.3, -0.25) is 0 Å². The zero-order chi connectivity index (χ0) is 0. The van der Waals surface area contributed by atoms with E-state index < -0.39 is 0 Å². The summed E-state index contributed by atoms with van der Waals surface area (Å²) in [4.78, 5) is 0. The van der Waals surface area contributed by atoms with Crippen molar-refractivity contribution in [2.75, 3.05) is 0 Å². The summed E-state index contributed by atoms with van der Waals surface area (Å²) in [6.45, 7) is 0. The first-order valence-electron chi connectivity index (χ1n) is 0. The van der Waals surface area contributed by atoms with Crippen molar-refractivity contribution in [2.24, 2.45) is 0 Å². The molecule has 0 aliphatic carbocycles. The Balaban J connectivity index is 0. The van der Waals surface area contributed by atoms with Gasteiger partial charge in [0, 0.05) is 107 Å². The molecule has 0 aromatic rings. The van der Waals surface area contributed by atoms with E-state index in [9.17, 15) is 0 Å². The third-order valence-corrected chi connectivity index (χ3v) is 0. The third-order valence-electron chi connectivity index (χ3n) is 0. The molecule has 0 fully saturated rings. The maximum absolute atomic E-state index is 0. The van der Waals surface area contributed by atoms with E-state index in [1.54, 1.807) is 0 Å². The molecule has 0 aliphatic heterocycles. The first kappa shape index (κ1) is 60.5. The van der Waals surface area contributed by atoms with Crippen molar-refractivity contribution in [3.63, 3.8) is 0 Å². The van der Waals surface area contributed by atoms with E-state index in [0.29, 0.717) is 0 Å². The normalized spacial score (nSPS) is 0. The van der Waals surface area contributed by atoms with Crippen LogP contribution in [0.1, 0.15) is 0 Å². The van der Waals surface area contributed by atoms with E-state index in [1.165, 1.54) is 0 Å². The van der Waals surface area contributed by atoms with Gasteiger partial charge >= 0.3 is 0 Å². The molecule has 8 radical (unpaired) electrons. The predicted octanol–water partition coefficient (Wildman–Crippen LogP) is -1.15. The Labute approximate surface area is 105 Å². The first-order valence-corrected chi connectivity index (χ1v) is 0. The van der Waals surface area contributed by atoms with Gasteiger partial charge in [-0.2, -0.15) is 0 Å². The average molecular weight is 234 g/mol. The fourth-order valence-corrected chi connectivity index (χ4v) is 0. The molecule has 0 aromatic carbocycles. The van der Waals surface area contributed by atoms with Crippen LogP contribution in [0.15, 0.2) is 0 Å². The minimum absolute atomic E-state index is 0. The number of rotatable bonds is 0. The van der Waals surface area contributed by atoms with Gasteiger partial charge in [0.1, 0.15) is 0 Å². The summed E-state index contributed by atoms with van der Waals surface area (Å²) < 4.78 is 0. The molecule has 0 unspecified atom stereocenters. The van der Waals surface area contributed by atoms with Gasteiger partial charge in [-0.15, -0.1) is 0 Å². The van der Waals surface area contributed by atoms with Crippen molar-refractivity contribution in [3.8, 4) is 0 Å². The minimum Gasteiger partial charge on any atom is 0 e. The van der Waals surface area contributed by atoms with Crippen LogP contribution in [0, 0.1) is 0 Å². The second kappa shape index (κ2) is 41.6. The topological polar surface area (TPSA) is 0 Å². The summed E-state index contributed by atoms with van der Waals surface area (Å²) in [6.07, 6.45) is 0. The largest absolute Gasteiger partial charge is 0 e. The molecule has 0 spiro atoms. The molecule has 0 atom stereocenters. The third kappa shape index (κ3) is 27.1. The molecule has 6 heteroatoms. The average Bonchev–Trinajstić information content (AvgIpc) is 0. The first-order chi connectivity index (χ1) is 0. The van der Waals surface area contributed by atoms with E-state index in [0.717, 1.165) is 0 Å². The summed E-state index contributed by atoms with van der Waals surface area (Å²) in [5.74, 6) is 0. The zero-order valence-electron chi connectivity index (χ0n) is 3.39. The number of hydrogen-bond acceptors (Lipinski definition) is 0. The Morgan fingerprint density at radius 1 is 1.00 bits per heavy atom. The summed E-state index contributed by atoms with van der Waals surface area (Å²) in [7, 11) is 0. The smallest absolute Gasteiger partial charge is 0 e. The van der Waals surface area contributed by atoms with E-state index in [4.69, 9.17) is 0 Å². The maximum atomic E-state index is 0. The SMILES string of the molecule is [Al].[B].[Mg].[Ni].[Ti].[Zn]. The van der Waals surface area contributed by atoms with Crippen LogP contribution in [0.5, 0.6) is 0 Å². The van der Waals surface area contributed by atoms with Crippen molar-refractivity contribution in [1.29, 1.82) is 0 Å². The van der Waals surface area contributed by atoms with Crippen molar-refractivity contribution in [2.45, 2.75) is 0 Å². The Morgan fingerprint density at radius 3 is 1.00 bits per heavy atom. The molecule has 0 nitrogen and oxygen atoms in total. The van der Waals surface area contributed by atoms with Gasteiger partial charge in [0.25, 0.3) is 0 Å². The molecule has 24 valence electrons. The van der Waals surface area contributed by atoms with E-state index in [2.05, 4.69) is 0 Å². The second-order valence-electron chi connectivity index (χ2n) is 0. The van der Waals surface area contributed by atoms with Crippen molar-refractivity contribution in [1.82, 2.24) is 0 Å². The van der Waals surface area contributed by atoms with Gasteiger partial charge in [-0.25, -0.2) is 0 Å². The predicted molar refractivity (Wildman–Crippen MR) is 17.3 cm³/mol. The fraction of sp³-hybridized carbons (Fsp3) is 0. The molecule has 0 aromatic heterocycles. The van der Waals surface area contributed by atoms with Crippen LogP contribution in [-0.4, -0.2) is 48.8 Å². The van der Waals surface area contributed by atoms with Crippen LogP contribution < -0.4 is 0 Å². The fourth-order valence-electron chi connectivity index (χ4n) is 0. The van der Waals surface area contributed by atoms with Crippen LogP contribution in [0.3, 0.4) is 0 Å². The van der Waals surface area contributed by atoms with E-state index in [1.807, 2.05) is 0 Å². The standard InChI is InChI=1S/Al.B.Mg.Ni.Ti.Zn. The molecule has 0 saturated heterocycles. The minimum atomic E-state index is 0. The van der Waals surface area contributed by atoms with Gasteiger partial charge in [0.05, 0.1) is 0 Å². The van der Waals surface area contributed by atoms with Crippen LogP contribution in [0.4, 0.5) is 0 Å². The molecule has 0 aliphatic rings.